The molecule has 202 valence electrons. The van der Waals surface area contributed by atoms with E-state index in [1.165, 1.54) is 16.2 Å². The molecule has 0 bridgehead atoms. The monoisotopic (exact) mass is 552 g/mol. The molecule has 0 unspecified atom stereocenters. The Morgan fingerprint density at radius 2 is 0.977 bits per heavy atom. The number of para-hydroxylation sites is 5. The van der Waals surface area contributed by atoms with Crippen molar-refractivity contribution in [3.05, 3.63) is 146 Å². The van der Waals surface area contributed by atoms with Gasteiger partial charge in [0.05, 0.1) is 27.6 Å². The SMILES string of the molecule is c1ccc(-n2c3ccccc3c3ccc(-c4nnc(-c5cccc6c7ccccc7n(-c7ccccc7)c56)o4)cc32)cc1. The highest BCUT2D eigenvalue weighted by atomic mass is 16.4. The van der Waals surface area contributed by atoms with Crippen LogP contribution in [0.3, 0.4) is 0 Å². The highest BCUT2D eigenvalue weighted by Crippen LogP contribution is 2.39. The molecule has 0 aliphatic rings. The predicted octanol–water partition coefficient (Wildman–Crippen LogP) is 9.60. The lowest BCUT2D eigenvalue weighted by molar-refractivity contribution is 0.585. The summed E-state index contributed by atoms with van der Waals surface area (Å²) in [7, 11) is 0. The lowest BCUT2D eigenvalue weighted by Gasteiger charge is -2.09. The minimum atomic E-state index is 0.487. The van der Waals surface area contributed by atoms with Crippen LogP contribution in [-0.4, -0.2) is 19.3 Å². The van der Waals surface area contributed by atoms with Crippen LogP contribution in [0.15, 0.2) is 150 Å². The van der Waals surface area contributed by atoms with Gasteiger partial charge in [-0.15, -0.1) is 10.2 Å². The first kappa shape index (κ1) is 23.7. The first-order valence-electron chi connectivity index (χ1n) is 14.4. The molecule has 6 aromatic carbocycles. The van der Waals surface area contributed by atoms with Gasteiger partial charge in [-0.05, 0) is 54.6 Å². The Morgan fingerprint density at radius 1 is 0.419 bits per heavy atom. The van der Waals surface area contributed by atoms with Crippen LogP contribution in [0.4, 0.5) is 0 Å². The molecule has 0 radical (unpaired) electrons. The molecule has 0 aliphatic heterocycles. The second-order valence-corrected chi connectivity index (χ2v) is 10.7. The molecule has 9 aromatic rings. The first-order valence-corrected chi connectivity index (χ1v) is 14.4. The lowest BCUT2D eigenvalue weighted by Crippen LogP contribution is -1.95. The number of nitrogens with zero attached hydrogens (tertiary/aromatic N) is 4. The van der Waals surface area contributed by atoms with Crippen molar-refractivity contribution in [3.63, 3.8) is 0 Å². The standard InChI is InChI=1S/C38H24N4O/c1-3-12-26(13-4-1)41-33-20-9-7-16-28(33)30-23-22-25(24-35(30)41)37-39-40-38(43-37)32-19-11-18-31-29-17-8-10-21-34(29)42(36(31)32)27-14-5-2-6-15-27/h1-24H. The Balaban J connectivity index is 1.24. The maximum atomic E-state index is 6.47. The number of benzene rings is 6. The Bertz CT molecular complexity index is 2450. The number of rotatable bonds is 4. The zero-order chi connectivity index (χ0) is 28.3. The van der Waals surface area contributed by atoms with Crippen molar-refractivity contribution in [2.45, 2.75) is 0 Å². The van der Waals surface area contributed by atoms with Gasteiger partial charge in [0.2, 0.25) is 11.8 Å². The van der Waals surface area contributed by atoms with E-state index in [0.29, 0.717) is 11.8 Å². The van der Waals surface area contributed by atoms with Gasteiger partial charge in [-0.25, -0.2) is 0 Å². The quantitative estimate of drug-likeness (QED) is 0.218. The summed E-state index contributed by atoms with van der Waals surface area (Å²) in [5, 5.41) is 13.9. The van der Waals surface area contributed by atoms with Crippen molar-refractivity contribution in [1.29, 1.82) is 0 Å². The average Bonchev–Trinajstić information content (AvgIpc) is 3.78. The summed E-state index contributed by atoms with van der Waals surface area (Å²) < 4.78 is 11.1. The van der Waals surface area contributed by atoms with Gasteiger partial charge in [0, 0.05) is 38.5 Å². The van der Waals surface area contributed by atoms with E-state index < -0.39 is 0 Å². The molecule has 9 rings (SSSR count). The van der Waals surface area contributed by atoms with E-state index in [1.807, 2.05) is 12.1 Å². The number of hydrogen-bond donors (Lipinski definition) is 0. The number of aromatic nitrogens is 4. The summed E-state index contributed by atoms with van der Waals surface area (Å²) in [5.74, 6) is 0.977. The van der Waals surface area contributed by atoms with Gasteiger partial charge in [0.15, 0.2) is 0 Å². The van der Waals surface area contributed by atoms with E-state index in [4.69, 9.17) is 4.42 Å². The molecule has 0 saturated heterocycles. The van der Waals surface area contributed by atoms with Crippen LogP contribution in [0.5, 0.6) is 0 Å². The largest absolute Gasteiger partial charge is 0.416 e. The van der Waals surface area contributed by atoms with Crippen molar-refractivity contribution in [2.75, 3.05) is 0 Å². The second-order valence-electron chi connectivity index (χ2n) is 10.7. The molecule has 5 nitrogen and oxygen atoms in total. The molecule has 3 aromatic heterocycles. The molecule has 0 spiro atoms. The fourth-order valence-corrected chi connectivity index (χ4v) is 6.44. The fraction of sp³-hybridized carbons (Fsp3) is 0. The van der Waals surface area contributed by atoms with E-state index >= 15 is 0 Å². The van der Waals surface area contributed by atoms with Crippen LogP contribution in [0, 0.1) is 0 Å². The Hall–Kier alpha value is -5.94. The predicted molar refractivity (Wildman–Crippen MR) is 174 cm³/mol. The van der Waals surface area contributed by atoms with Gasteiger partial charge in [-0.2, -0.15) is 0 Å². The van der Waals surface area contributed by atoms with E-state index in [9.17, 15) is 0 Å². The smallest absolute Gasteiger partial charge is 0.250 e. The van der Waals surface area contributed by atoms with Crippen LogP contribution < -0.4 is 0 Å². The van der Waals surface area contributed by atoms with Crippen molar-refractivity contribution in [1.82, 2.24) is 19.3 Å². The molecule has 5 heteroatoms. The first-order chi connectivity index (χ1) is 21.3. The third-order valence-electron chi connectivity index (χ3n) is 8.30. The number of hydrogen-bond acceptors (Lipinski definition) is 3. The van der Waals surface area contributed by atoms with Crippen LogP contribution in [0.2, 0.25) is 0 Å². The molecule has 0 N–H and O–H groups in total. The topological polar surface area (TPSA) is 48.8 Å². The average molecular weight is 553 g/mol. The molecule has 0 aliphatic carbocycles. The van der Waals surface area contributed by atoms with E-state index in [1.54, 1.807) is 0 Å². The third kappa shape index (κ3) is 3.58. The summed E-state index contributed by atoms with van der Waals surface area (Å²) in [6, 6.07) is 50.5. The Labute approximate surface area is 246 Å². The summed E-state index contributed by atoms with van der Waals surface area (Å²) in [5.41, 5.74) is 8.40. The van der Waals surface area contributed by atoms with E-state index in [0.717, 1.165) is 50.0 Å². The van der Waals surface area contributed by atoms with Crippen LogP contribution in [0.1, 0.15) is 0 Å². The van der Waals surface area contributed by atoms with Crippen molar-refractivity contribution in [2.24, 2.45) is 0 Å². The fourth-order valence-electron chi connectivity index (χ4n) is 6.44. The number of fused-ring (bicyclic) bond motifs is 6. The van der Waals surface area contributed by atoms with Gasteiger partial charge in [-0.1, -0.05) is 91.0 Å². The molecule has 3 heterocycles. The molecule has 0 atom stereocenters. The molecular formula is C38H24N4O. The Morgan fingerprint density at radius 3 is 1.72 bits per heavy atom. The van der Waals surface area contributed by atoms with Gasteiger partial charge < -0.3 is 13.6 Å². The van der Waals surface area contributed by atoms with E-state index in [2.05, 4.69) is 153 Å². The van der Waals surface area contributed by atoms with Crippen molar-refractivity contribution >= 4 is 43.6 Å². The third-order valence-corrected chi connectivity index (χ3v) is 8.30. The maximum Gasteiger partial charge on any atom is 0.250 e. The molecule has 0 amide bonds. The summed E-state index contributed by atoms with van der Waals surface area (Å²) in [4.78, 5) is 0. The molecule has 0 fully saturated rings. The maximum absolute atomic E-state index is 6.47. The highest BCUT2D eigenvalue weighted by molar-refractivity contribution is 6.13. The van der Waals surface area contributed by atoms with Crippen molar-refractivity contribution in [3.8, 4) is 34.3 Å². The van der Waals surface area contributed by atoms with Gasteiger partial charge in [-0.3, -0.25) is 0 Å². The molecular weight excluding hydrogens is 528 g/mol. The second kappa shape index (κ2) is 9.29. The van der Waals surface area contributed by atoms with E-state index in [-0.39, 0.29) is 0 Å². The Kier molecular flexibility index (Phi) is 5.13. The van der Waals surface area contributed by atoms with Crippen LogP contribution >= 0.6 is 0 Å². The minimum absolute atomic E-state index is 0.487. The van der Waals surface area contributed by atoms with Gasteiger partial charge in [0.1, 0.15) is 0 Å². The van der Waals surface area contributed by atoms with Crippen molar-refractivity contribution < 1.29 is 4.42 Å². The molecule has 43 heavy (non-hydrogen) atoms. The normalized spacial score (nSPS) is 11.7. The summed E-state index contributed by atoms with van der Waals surface area (Å²) in [6.45, 7) is 0. The minimum Gasteiger partial charge on any atom is -0.416 e. The van der Waals surface area contributed by atoms with Gasteiger partial charge in [0.25, 0.3) is 0 Å². The molecule has 0 saturated carbocycles. The zero-order valence-corrected chi connectivity index (χ0v) is 23.1. The van der Waals surface area contributed by atoms with Crippen LogP contribution in [0.25, 0.3) is 77.9 Å². The van der Waals surface area contributed by atoms with Gasteiger partial charge >= 0.3 is 0 Å². The van der Waals surface area contributed by atoms with Crippen LogP contribution in [-0.2, 0) is 0 Å². The zero-order valence-electron chi connectivity index (χ0n) is 23.1. The summed E-state index contributed by atoms with van der Waals surface area (Å²) >= 11 is 0. The summed E-state index contributed by atoms with van der Waals surface area (Å²) in [6.07, 6.45) is 0. The highest BCUT2D eigenvalue weighted by Gasteiger charge is 2.20. The lowest BCUT2D eigenvalue weighted by atomic mass is 10.1.